The van der Waals surface area contributed by atoms with Crippen LogP contribution in [0.5, 0.6) is 0 Å². The fourth-order valence-electron chi connectivity index (χ4n) is 2.99. The first-order valence-electron chi connectivity index (χ1n) is 7.99. The van der Waals surface area contributed by atoms with Crippen molar-refractivity contribution < 1.29 is 29.2 Å². The number of carbonyl (C=O) groups is 2. The molecule has 1 N–H and O–H groups in total. The number of carbonyl (C=O) groups excluding carboxylic acids is 2. The minimum absolute atomic E-state index is 0.225. The van der Waals surface area contributed by atoms with Crippen molar-refractivity contribution in [2.24, 2.45) is 0 Å². The number of ketones is 1. The first-order valence-corrected chi connectivity index (χ1v) is 8.37. The molecule has 0 spiro atoms. The summed E-state index contributed by atoms with van der Waals surface area (Å²) < 4.78 is 10.7. The zero-order chi connectivity index (χ0) is 18.9. The molecule has 0 aromatic heterocycles. The van der Waals surface area contributed by atoms with Crippen molar-refractivity contribution in [3.63, 3.8) is 0 Å². The van der Waals surface area contributed by atoms with Gasteiger partial charge in [0.05, 0.1) is 6.10 Å². The van der Waals surface area contributed by atoms with E-state index in [1.807, 2.05) is 0 Å². The monoisotopic (exact) mass is 376 g/mol. The molecule has 0 fully saturated rings. The molecule has 0 heterocycles. The van der Waals surface area contributed by atoms with Crippen molar-refractivity contribution in [1.82, 2.24) is 0 Å². The van der Waals surface area contributed by atoms with Gasteiger partial charge in [-0.25, -0.2) is 10.1 Å². The lowest BCUT2D eigenvalue weighted by atomic mass is 9.80. The number of hydrogen-bond acceptors (Lipinski definition) is 6. The van der Waals surface area contributed by atoms with Crippen LogP contribution < -0.4 is 0 Å². The molecule has 136 valence electrons. The summed E-state index contributed by atoms with van der Waals surface area (Å²) in [7, 11) is 0. The number of esters is 1. The average molecular weight is 377 g/mol. The normalized spacial score (nSPS) is 18.4. The van der Waals surface area contributed by atoms with Gasteiger partial charge in [0.15, 0.2) is 5.78 Å². The Morgan fingerprint density at radius 1 is 1.15 bits per heavy atom. The van der Waals surface area contributed by atoms with E-state index in [-0.39, 0.29) is 28.6 Å². The van der Waals surface area contributed by atoms with Gasteiger partial charge >= 0.3 is 5.97 Å². The summed E-state index contributed by atoms with van der Waals surface area (Å²) in [6, 6.07) is 11.1. The third-order valence-electron chi connectivity index (χ3n) is 4.00. The Balaban J connectivity index is 2.10. The van der Waals surface area contributed by atoms with E-state index in [0.717, 1.165) is 0 Å². The van der Waals surface area contributed by atoms with Crippen LogP contribution in [0.25, 0.3) is 0 Å². The molecular weight excluding hydrogens is 360 g/mol. The molecule has 1 aliphatic carbocycles. The maximum absolute atomic E-state index is 12.8. The zero-order valence-corrected chi connectivity index (χ0v) is 14.9. The van der Waals surface area contributed by atoms with Crippen LogP contribution in [0, 0.1) is 0 Å². The molecule has 6 nitrogen and oxygen atoms in total. The van der Waals surface area contributed by atoms with E-state index in [0.29, 0.717) is 10.6 Å². The first-order chi connectivity index (χ1) is 12.4. The largest absolute Gasteiger partial charge is 0.461 e. The highest BCUT2D eigenvalue weighted by Crippen LogP contribution is 2.43. The zero-order valence-electron chi connectivity index (χ0n) is 14.2. The standard InChI is InChI=1S/C19H17ClO6/c1-11(2)25-17(21)10-24-19(26-23)15-6-4-3-5-13(15)18(22)14-9-12(20)7-8-16(14)19/h3-9,11,23H,10H2,1-2H3. The number of rotatable bonds is 5. The summed E-state index contributed by atoms with van der Waals surface area (Å²) >= 11 is 6.02. The van der Waals surface area contributed by atoms with Crippen LogP contribution in [0.2, 0.25) is 5.02 Å². The van der Waals surface area contributed by atoms with Gasteiger partial charge in [-0.15, -0.1) is 0 Å². The maximum Gasteiger partial charge on any atom is 0.332 e. The van der Waals surface area contributed by atoms with Gasteiger partial charge in [-0.2, -0.15) is 4.89 Å². The Bertz CT molecular complexity index is 863. The molecule has 1 aliphatic rings. The van der Waals surface area contributed by atoms with Gasteiger partial charge in [0.25, 0.3) is 5.79 Å². The average Bonchev–Trinajstić information content (AvgIpc) is 2.62. The van der Waals surface area contributed by atoms with Crippen LogP contribution in [-0.2, 0) is 24.9 Å². The molecule has 2 aromatic carbocycles. The summed E-state index contributed by atoms with van der Waals surface area (Å²) in [4.78, 5) is 29.5. The fraction of sp³-hybridized carbons (Fsp3) is 0.263. The quantitative estimate of drug-likeness (QED) is 0.372. The number of ether oxygens (including phenoxy) is 2. The van der Waals surface area contributed by atoms with Gasteiger partial charge in [0.1, 0.15) is 6.61 Å². The molecule has 26 heavy (non-hydrogen) atoms. The topological polar surface area (TPSA) is 82.1 Å². The molecule has 0 saturated carbocycles. The van der Waals surface area contributed by atoms with Gasteiger partial charge in [-0.1, -0.05) is 41.9 Å². The summed E-state index contributed by atoms with van der Waals surface area (Å²) in [6.07, 6.45) is -0.316. The highest BCUT2D eigenvalue weighted by molar-refractivity contribution is 6.31. The van der Waals surface area contributed by atoms with Crippen molar-refractivity contribution in [2.75, 3.05) is 6.61 Å². The third kappa shape index (κ3) is 3.12. The molecule has 7 heteroatoms. The van der Waals surface area contributed by atoms with Gasteiger partial charge in [0, 0.05) is 27.3 Å². The second-order valence-corrected chi connectivity index (χ2v) is 6.54. The van der Waals surface area contributed by atoms with Crippen LogP contribution in [0.3, 0.4) is 0 Å². The maximum atomic E-state index is 12.8. The molecule has 1 atom stereocenters. The van der Waals surface area contributed by atoms with Crippen LogP contribution in [0.1, 0.15) is 40.9 Å². The molecule has 0 amide bonds. The summed E-state index contributed by atoms with van der Waals surface area (Å²) in [5, 5.41) is 10.1. The van der Waals surface area contributed by atoms with E-state index in [1.165, 1.54) is 12.1 Å². The minimum Gasteiger partial charge on any atom is -0.461 e. The van der Waals surface area contributed by atoms with E-state index < -0.39 is 18.4 Å². The van der Waals surface area contributed by atoms with E-state index in [9.17, 15) is 14.8 Å². The second-order valence-electron chi connectivity index (χ2n) is 6.10. The Morgan fingerprint density at radius 2 is 1.85 bits per heavy atom. The predicted octanol–water partition coefficient (Wildman–Crippen LogP) is 3.54. The molecule has 0 bridgehead atoms. The van der Waals surface area contributed by atoms with Gasteiger partial charge in [0.2, 0.25) is 0 Å². The summed E-state index contributed by atoms with van der Waals surface area (Å²) in [5.74, 6) is -2.75. The second kappa shape index (κ2) is 7.17. The van der Waals surface area contributed by atoms with Crippen molar-refractivity contribution in [2.45, 2.75) is 25.7 Å². The van der Waals surface area contributed by atoms with Crippen molar-refractivity contribution >= 4 is 23.4 Å². The van der Waals surface area contributed by atoms with Crippen molar-refractivity contribution in [3.8, 4) is 0 Å². The van der Waals surface area contributed by atoms with E-state index in [2.05, 4.69) is 0 Å². The van der Waals surface area contributed by atoms with Crippen LogP contribution in [0.4, 0.5) is 0 Å². The van der Waals surface area contributed by atoms with Crippen molar-refractivity contribution in [1.29, 1.82) is 0 Å². The SMILES string of the molecule is CC(C)OC(=O)COC1(OO)c2ccccc2C(=O)c2cc(Cl)ccc21. The van der Waals surface area contributed by atoms with E-state index in [4.69, 9.17) is 26.0 Å². The lowest BCUT2D eigenvalue weighted by molar-refractivity contribution is -0.395. The highest BCUT2D eigenvalue weighted by Gasteiger charge is 2.47. The molecule has 0 saturated heterocycles. The summed E-state index contributed by atoms with van der Waals surface area (Å²) in [5.41, 5.74) is 1.06. The Morgan fingerprint density at radius 3 is 2.54 bits per heavy atom. The Kier molecular flexibility index (Phi) is 5.11. The molecule has 3 rings (SSSR count). The third-order valence-corrected chi connectivity index (χ3v) is 4.23. The number of benzene rings is 2. The van der Waals surface area contributed by atoms with Gasteiger partial charge < -0.3 is 9.47 Å². The molecule has 0 radical (unpaired) electrons. The van der Waals surface area contributed by atoms with Gasteiger partial charge in [-0.05, 0) is 26.0 Å². The minimum atomic E-state index is -1.85. The van der Waals surface area contributed by atoms with E-state index in [1.54, 1.807) is 44.2 Å². The molecule has 0 aliphatic heterocycles. The summed E-state index contributed by atoms with van der Waals surface area (Å²) in [6.45, 7) is 2.94. The van der Waals surface area contributed by atoms with Crippen LogP contribution in [0.15, 0.2) is 42.5 Å². The predicted molar refractivity (Wildman–Crippen MR) is 93.0 cm³/mol. The Hall–Kier alpha value is -2.25. The molecule has 1 unspecified atom stereocenters. The number of hydrogen-bond donors (Lipinski definition) is 1. The number of halogens is 1. The van der Waals surface area contributed by atoms with Crippen molar-refractivity contribution in [3.05, 3.63) is 69.7 Å². The van der Waals surface area contributed by atoms with Gasteiger partial charge in [-0.3, -0.25) is 4.79 Å². The smallest absolute Gasteiger partial charge is 0.332 e. The Labute approximate surface area is 155 Å². The fourth-order valence-corrected chi connectivity index (χ4v) is 3.16. The lowest BCUT2D eigenvalue weighted by Gasteiger charge is -2.36. The molecule has 2 aromatic rings. The van der Waals surface area contributed by atoms with E-state index >= 15 is 0 Å². The highest BCUT2D eigenvalue weighted by atomic mass is 35.5. The lowest BCUT2D eigenvalue weighted by Crippen LogP contribution is -2.41. The molecular formula is C19H17ClO6. The number of fused-ring (bicyclic) bond motifs is 2. The van der Waals surface area contributed by atoms with Crippen LogP contribution >= 0.6 is 11.6 Å². The first kappa shape index (κ1) is 18.5. The van der Waals surface area contributed by atoms with Crippen LogP contribution in [-0.4, -0.2) is 29.7 Å².